The molecule has 3 aromatic heterocycles. The number of aryl methyl sites for hydroxylation is 2. The Morgan fingerprint density at radius 3 is 2.09 bits per heavy atom. The second-order valence-electron chi connectivity index (χ2n) is 5.28. The van der Waals surface area contributed by atoms with Gasteiger partial charge >= 0.3 is 0 Å². The summed E-state index contributed by atoms with van der Waals surface area (Å²) in [6.45, 7) is 4.34. The minimum atomic E-state index is 0.470. The van der Waals surface area contributed by atoms with Gasteiger partial charge in [0.25, 0.3) is 0 Å². The molecule has 3 aromatic rings. The second-order valence-corrected chi connectivity index (χ2v) is 10.2. The normalized spacial score (nSPS) is 17.2. The van der Waals surface area contributed by atoms with Crippen LogP contribution in [0.1, 0.15) is 24.8 Å². The molecule has 0 amide bonds. The molecule has 0 bridgehead atoms. The lowest BCUT2D eigenvalue weighted by Crippen LogP contribution is -1.92. The molecule has 1 unspecified atom stereocenters. The first-order valence-corrected chi connectivity index (χ1v) is 10.5. The highest BCUT2D eigenvalue weighted by Gasteiger charge is 2.29. The van der Waals surface area contributed by atoms with E-state index in [2.05, 4.69) is 62.4 Å². The third kappa shape index (κ3) is 2.76. The lowest BCUT2D eigenvalue weighted by Gasteiger charge is -1.90. The van der Waals surface area contributed by atoms with E-state index in [1.165, 1.54) is 34.1 Å². The molecule has 0 saturated heterocycles. The van der Waals surface area contributed by atoms with Gasteiger partial charge in [-0.2, -0.15) is 0 Å². The maximum atomic E-state index is 2.34. The standard InChI is InChI=1S/C18H15S4/c1-11-3-5-13(19-11)15-7-9-17(21-15)18-10-8-16(22-18)14-6-4-12(2)20-14/h3-10,17H,1-2H3/q+1. The van der Waals surface area contributed by atoms with Crippen LogP contribution in [0.25, 0.3) is 9.75 Å². The highest BCUT2D eigenvalue weighted by atomic mass is 32.1. The Morgan fingerprint density at radius 2 is 1.41 bits per heavy atom. The van der Waals surface area contributed by atoms with Gasteiger partial charge in [0.2, 0.25) is 10.1 Å². The molecule has 0 N–H and O–H groups in total. The predicted octanol–water partition coefficient (Wildman–Crippen LogP) is 6.07. The maximum absolute atomic E-state index is 2.34. The van der Waals surface area contributed by atoms with Crippen LogP contribution in [0.4, 0.5) is 0 Å². The van der Waals surface area contributed by atoms with Crippen molar-refractivity contribution in [2.24, 2.45) is 0 Å². The summed E-state index contributed by atoms with van der Waals surface area (Å²) >= 11 is 7.66. The van der Waals surface area contributed by atoms with Gasteiger partial charge in [0, 0.05) is 25.6 Å². The van der Waals surface area contributed by atoms with Crippen molar-refractivity contribution < 1.29 is 0 Å². The zero-order chi connectivity index (χ0) is 15.1. The largest absolute Gasteiger partial charge is 0.242 e. The van der Waals surface area contributed by atoms with Crippen molar-refractivity contribution in [1.82, 2.24) is 0 Å². The summed E-state index contributed by atoms with van der Waals surface area (Å²) in [6.07, 6.45) is 4.62. The molecular weight excluding hydrogens is 344 g/mol. The fraction of sp³-hybridized carbons (Fsp3) is 0.167. The van der Waals surface area contributed by atoms with E-state index >= 15 is 0 Å². The van der Waals surface area contributed by atoms with Gasteiger partial charge in [0.15, 0.2) is 11.4 Å². The maximum Gasteiger partial charge on any atom is 0.242 e. The Hall–Kier alpha value is -1.07. The highest BCUT2D eigenvalue weighted by Crippen LogP contribution is 2.37. The lowest BCUT2D eigenvalue weighted by atomic mass is 10.2. The van der Waals surface area contributed by atoms with Gasteiger partial charge in [-0.05, 0) is 56.3 Å². The number of hydrogen-bond acceptors (Lipinski definition) is 3. The van der Waals surface area contributed by atoms with E-state index in [-0.39, 0.29) is 0 Å². The topological polar surface area (TPSA) is 0 Å². The molecule has 0 spiro atoms. The average molecular weight is 360 g/mol. The van der Waals surface area contributed by atoms with Crippen molar-refractivity contribution in [3.8, 4) is 9.75 Å². The number of hydrogen-bond donors (Lipinski definition) is 0. The van der Waals surface area contributed by atoms with Crippen LogP contribution in [0.2, 0.25) is 0 Å². The molecule has 1 atom stereocenters. The summed E-state index contributed by atoms with van der Waals surface area (Å²) in [4.78, 5) is 9.79. The van der Waals surface area contributed by atoms with Crippen molar-refractivity contribution in [3.63, 3.8) is 0 Å². The Labute approximate surface area is 146 Å². The van der Waals surface area contributed by atoms with Crippen molar-refractivity contribution in [2.75, 3.05) is 0 Å². The number of rotatable bonds is 3. The van der Waals surface area contributed by atoms with Crippen molar-refractivity contribution in [1.29, 1.82) is 0 Å². The summed E-state index contributed by atoms with van der Waals surface area (Å²) in [6, 6.07) is 13.4. The van der Waals surface area contributed by atoms with Crippen molar-refractivity contribution in [2.45, 2.75) is 19.1 Å². The molecule has 4 heteroatoms. The summed E-state index contributed by atoms with van der Waals surface area (Å²) in [5.41, 5.74) is 0. The third-order valence-electron chi connectivity index (χ3n) is 3.55. The first kappa shape index (κ1) is 14.5. The first-order chi connectivity index (χ1) is 10.7. The van der Waals surface area contributed by atoms with E-state index in [0.29, 0.717) is 5.25 Å². The Morgan fingerprint density at radius 1 is 0.773 bits per heavy atom. The van der Waals surface area contributed by atoms with E-state index in [4.69, 9.17) is 0 Å². The van der Waals surface area contributed by atoms with Crippen LogP contribution in [0.5, 0.6) is 0 Å². The highest BCUT2D eigenvalue weighted by molar-refractivity contribution is 7.81. The average Bonchev–Trinajstić information content (AvgIpc) is 3.24. The number of allylic oxidation sites excluding steroid dienone is 1. The van der Waals surface area contributed by atoms with E-state index in [1.54, 1.807) is 0 Å². The van der Waals surface area contributed by atoms with Gasteiger partial charge in [-0.1, -0.05) is 0 Å². The van der Waals surface area contributed by atoms with Gasteiger partial charge in [0.1, 0.15) is 0 Å². The summed E-state index contributed by atoms with van der Waals surface area (Å²) in [7, 11) is 0. The number of thiophene rings is 3. The molecule has 0 radical (unpaired) electrons. The van der Waals surface area contributed by atoms with Crippen LogP contribution in [0.3, 0.4) is 0 Å². The first-order valence-electron chi connectivity index (χ1n) is 7.14. The molecule has 1 aliphatic heterocycles. The fourth-order valence-corrected chi connectivity index (χ4v) is 6.69. The molecule has 110 valence electrons. The van der Waals surface area contributed by atoms with E-state index in [0.717, 1.165) is 0 Å². The Bertz CT molecular complexity index is 872. The van der Waals surface area contributed by atoms with Crippen molar-refractivity contribution in [3.05, 3.63) is 68.1 Å². The Kier molecular flexibility index (Phi) is 3.86. The molecule has 4 heterocycles. The summed E-state index contributed by atoms with van der Waals surface area (Å²) in [5.74, 6) is 0. The lowest BCUT2D eigenvalue weighted by molar-refractivity contribution is 1.31. The predicted molar refractivity (Wildman–Crippen MR) is 105 cm³/mol. The van der Waals surface area contributed by atoms with Crippen molar-refractivity contribution >= 4 is 50.2 Å². The van der Waals surface area contributed by atoms with Gasteiger partial charge in [-0.3, -0.25) is 0 Å². The molecule has 1 aliphatic rings. The van der Waals surface area contributed by atoms with E-state index in [1.807, 2.05) is 45.4 Å². The molecule has 4 rings (SSSR count). The molecular formula is C18H15S4+. The third-order valence-corrected chi connectivity index (χ3v) is 8.50. The second kappa shape index (κ2) is 5.85. The van der Waals surface area contributed by atoms with Crippen LogP contribution >= 0.6 is 34.0 Å². The molecule has 0 fully saturated rings. The zero-order valence-electron chi connectivity index (χ0n) is 12.3. The molecule has 22 heavy (non-hydrogen) atoms. The smallest absolute Gasteiger partial charge is 0.140 e. The van der Waals surface area contributed by atoms with Crippen LogP contribution in [0.15, 0.2) is 48.6 Å². The van der Waals surface area contributed by atoms with Crippen LogP contribution < -0.4 is 0 Å². The van der Waals surface area contributed by atoms with Crippen LogP contribution in [-0.2, 0) is 11.4 Å². The van der Waals surface area contributed by atoms with Gasteiger partial charge < -0.3 is 0 Å². The van der Waals surface area contributed by atoms with Gasteiger partial charge in [-0.15, -0.1) is 34.0 Å². The molecule has 0 aromatic carbocycles. The summed E-state index contributed by atoms with van der Waals surface area (Å²) < 4.78 is 0. The molecule has 0 aliphatic carbocycles. The molecule has 0 nitrogen and oxygen atoms in total. The molecule has 0 saturated carbocycles. The van der Waals surface area contributed by atoms with E-state index < -0.39 is 0 Å². The minimum Gasteiger partial charge on any atom is -0.140 e. The van der Waals surface area contributed by atoms with Gasteiger partial charge in [-0.25, -0.2) is 0 Å². The monoisotopic (exact) mass is 359 g/mol. The van der Waals surface area contributed by atoms with Crippen LogP contribution in [0, 0.1) is 13.8 Å². The minimum absolute atomic E-state index is 0.470. The Balaban J connectivity index is 1.60. The quantitative estimate of drug-likeness (QED) is 0.393. The van der Waals surface area contributed by atoms with Gasteiger partial charge in [0.05, 0.1) is 9.75 Å². The summed E-state index contributed by atoms with van der Waals surface area (Å²) in [5, 5.41) is 0.470. The fourth-order valence-electron chi connectivity index (χ4n) is 2.46. The SMILES string of the molecule is Cc1ccc(C2=[S+]C(c3ccc(-c4ccc(C)s4)s3)C=C2)s1. The van der Waals surface area contributed by atoms with Crippen LogP contribution in [-0.4, -0.2) is 4.86 Å². The van der Waals surface area contributed by atoms with E-state index in [9.17, 15) is 0 Å². The zero-order valence-corrected chi connectivity index (χ0v) is 15.6.